The van der Waals surface area contributed by atoms with E-state index in [0.717, 1.165) is 16.7 Å². The second-order valence-corrected chi connectivity index (χ2v) is 4.25. The average molecular weight is 253 g/mol. The van der Waals surface area contributed by atoms with E-state index in [2.05, 4.69) is 6.07 Å². The highest BCUT2D eigenvalue weighted by Crippen LogP contribution is 2.26. The predicted octanol–water partition coefficient (Wildman–Crippen LogP) is 2.79. The van der Waals surface area contributed by atoms with Gasteiger partial charge in [-0.05, 0) is 28.8 Å². The van der Waals surface area contributed by atoms with Gasteiger partial charge in [-0.25, -0.2) is 0 Å². The number of hydrogen-bond donors (Lipinski definition) is 1. The van der Waals surface area contributed by atoms with Crippen LogP contribution in [0.25, 0.3) is 0 Å². The molecule has 0 aliphatic rings. The molecule has 3 nitrogen and oxygen atoms in total. The summed E-state index contributed by atoms with van der Waals surface area (Å²) in [6.45, 7) is 0.0296. The predicted molar refractivity (Wildman–Crippen MR) is 72.4 cm³/mol. The molecule has 0 heterocycles. The Hall–Kier alpha value is -2.15. The van der Waals surface area contributed by atoms with E-state index in [1.54, 1.807) is 13.2 Å². The van der Waals surface area contributed by atoms with Gasteiger partial charge in [-0.3, -0.25) is 0 Å². The first-order valence-electron chi connectivity index (χ1n) is 6.01. The molecule has 1 atom stereocenters. The molecule has 19 heavy (non-hydrogen) atoms. The summed E-state index contributed by atoms with van der Waals surface area (Å²) in [4.78, 5) is 0. The number of rotatable bonds is 4. The Morgan fingerprint density at radius 3 is 2.47 bits per heavy atom. The number of nitriles is 1. The monoisotopic (exact) mass is 253 g/mol. The Labute approximate surface area is 112 Å². The highest BCUT2D eigenvalue weighted by Gasteiger charge is 2.13. The van der Waals surface area contributed by atoms with Gasteiger partial charge in [0.1, 0.15) is 6.10 Å². The molecule has 0 aliphatic carbocycles. The summed E-state index contributed by atoms with van der Waals surface area (Å²) < 4.78 is 5.52. The van der Waals surface area contributed by atoms with Crippen LogP contribution < -0.4 is 0 Å². The third-order valence-electron chi connectivity index (χ3n) is 3.02. The fourth-order valence-electron chi connectivity index (χ4n) is 2.03. The minimum absolute atomic E-state index is 0.0296. The number of aliphatic hydroxyl groups is 1. The van der Waals surface area contributed by atoms with Crippen LogP contribution in [0.2, 0.25) is 0 Å². The molecule has 0 amide bonds. The van der Waals surface area contributed by atoms with E-state index < -0.39 is 0 Å². The lowest BCUT2D eigenvalue weighted by Gasteiger charge is -2.16. The zero-order valence-electron chi connectivity index (χ0n) is 10.7. The van der Waals surface area contributed by atoms with E-state index in [-0.39, 0.29) is 12.7 Å². The molecular weight excluding hydrogens is 238 g/mol. The Kier molecular flexibility index (Phi) is 4.30. The maximum Gasteiger partial charge on any atom is 0.107 e. The van der Waals surface area contributed by atoms with Gasteiger partial charge in [0.15, 0.2) is 0 Å². The zero-order chi connectivity index (χ0) is 13.7. The number of hydrogen-bond acceptors (Lipinski definition) is 3. The van der Waals surface area contributed by atoms with E-state index in [0.29, 0.717) is 5.56 Å². The van der Waals surface area contributed by atoms with Crippen molar-refractivity contribution in [3.63, 3.8) is 0 Å². The number of ether oxygens (including phenoxy) is 1. The molecule has 0 bridgehead atoms. The van der Waals surface area contributed by atoms with Crippen LogP contribution in [0.5, 0.6) is 0 Å². The third kappa shape index (κ3) is 3.00. The zero-order valence-corrected chi connectivity index (χ0v) is 10.7. The quantitative estimate of drug-likeness (QED) is 0.911. The lowest BCUT2D eigenvalue weighted by Crippen LogP contribution is -2.04. The van der Waals surface area contributed by atoms with Crippen molar-refractivity contribution >= 4 is 0 Å². The van der Waals surface area contributed by atoms with E-state index in [4.69, 9.17) is 15.1 Å². The SMILES string of the molecule is CO[C@H](c1ccc(CO)cc1)c1cccc(C#N)c1. The Balaban J connectivity index is 2.35. The van der Waals surface area contributed by atoms with Crippen LogP contribution >= 0.6 is 0 Å². The molecule has 2 aromatic carbocycles. The molecule has 0 radical (unpaired) electrons. The van der Waals surface area contributed by atoms with Gasteiger partial charge in [0.2, 0.25) is 0 Å². The largest absolute Gasteiger partial charge is 0.392 e. The topological polar surface area (TPSA) is 53.2 Å². The van der Waals surface area contributed by atoms with Gasteiger partial charge in [0.05, 0.1) is 18.2 Å². The maximum atomic E-state index is 9.04. The van der Waals surface area contributed by atoms with Crippen LogP contribution in [0.3, 0.4) is 0 Å². The first kappa shape index (κ1) is 13.3. The van der Waals surface area contributed by atoms with Crippen LogP contribution in [0.15, 0.2) is 48.5 Å². The molecule has 2 aromatic rings. The van der Waals surface area contributed by atoms with Crippen molar-refractivity contribution in [2.24, 2.45) is 0 Å². The van der Waals surface area contributed by atoms with Crippen molar-refractivity contribution in [1.82, 2.24) is 0 Å². The van der Waals surface area contributed by atoms with Gasteiger partial charge in [0, 0.05) is 7.11 Å². The normalized spacial score (nSPS) is 11.8. The second-order valence-electron chi connectivity index (χ2n) is 4.25. The molecule has 0 spiro atoms. The summed E-state index contributed by atoms with van der Waals surface area (Å²) in [5.41, 5.74) is 3.42. The number of nitrogens with zero attached hydrogens (tertiary/aromatic N) is 1. The van der Waals surface area contributed by atoms with Gasteiger partial charge in [-0.1, -0.05) is 36.4 Å². The standard InChI is InChI=1S/C16H15NO2/c1-19-16(14-7-5-12(11-18)6-8-14)15-4-2-3-13(9-15)10-17/h2-9,16,18H,11H2,1H3/t16-/m1/s1. The Morgan fingerprint density at radius 1 is 1.16 bits per heavy atom. The molecule has 0 saturated carbocycles. The summed E-state index contributed by atoms with van der Waals surface area (Å²) in [7, 11) is 1.64. The van der Waals surface area contributed by atoms with Crippen LogP contribution in [0.1, 0.15) is 28.4 Å². The summed E-state index contributed by atoms with van der Waals surface area (Å²) in [5.74, 6) is 0. The van der Waals surface area contributed by atoms with E-state index in [1.165, 1.54) is 0 Å². The lowest BCUT2D eigenvalue weighted by molar-refractivity contribution is 0.136. The highest BCUT2D eigenvalue weighted by molar-refractivity contribution is 5.38. The molecule has 0 saturated heterocycles. The second kappa shape index (κ2) is 6.14. The van der Waals surface area contributed by atoms with Gasteiger partial charge in [-0.15, -0.1) is 0 Å². The van der Waals surface area contributed by atoms with Crippen LogP contribution in [0.4, 0.5) is 0 Å². The maximum absolute atomic E-state index is 9.04. The molecule has 3 heteroatoms. The van der Waals surface area contributed by atoms with Crippen molar-refractivity contribution in [2.75, 3.05) is 7.11 Å². The fourth-order valence-corrected chi connectivity index (χ4v) is 2.03. The van der Waals surface area contributed by atoms with Crippen molar-refractivity contribution in [3.05, 3.63) is 70.8 Å². The lowest BCUT2D eigenvalue weighted by atomic mass is 9.99. The van der Waals surface area contributed by atoms with Crippen molar-refractivity contribution < 1.29 is 9.84 Å². The first-order chi connectivity index (χ1) is 9.28. The van der Waals surface area contributed by atoms with Gasteiger partial charge in [-0.2, -0.15) is 5.26 Å². The van der Waals surface area contributed by atoms with Crippen LogP contribution in [-0.4, -0.2) is 12.2 Å². The van der Waals surface area contributed by atoms with Crippen molar-refractivity contribution in [1.29, 1.82) is 5.26 Å². The van der Waals surface area contributed by atoms with Crippen LogP contribution in [-0.2, 0) is 11.3 Å². The minimum atomic E-state index is -0.207. The Bertz CT molecular complexity index is 584. The highest BCUT2D eigenvalue weighted by atomic mass is 16.5. The first-order valence-corrected chi connectivity index (χ1v) is 6.01. The van der Waals surface area contributed by atoms with E-state index in [9.17, 15) is 0 Å². The van der Waals surface area contributed by atoms with Gasteiger partial charge < -0.3 is 9.84 Å². The molecule has 1 N–H and O–H groups in total. The number of aliphatic hydroxyl groups excluding tert-OH is 1. The van der Waals surface area contributed by atoms with Crippen molar-refractivity contribution in [3.8, 4) is 6.07 Å². The summed E-state index contributed by atoms with van der Waals surface area (Å²) in [6.07, 6.45) is -0.207. The minimum Gasteiger partial charge on any atom is -0.392 e. The average Bonchev–Trinajstić information content (AvgIpc) is 2.49. The van der Waals surface area contributed by atoms with Gasteiger partial charge in [0.25, 0.3) is 0 Å². The molecule has 0 aliphatic heterocycles. The molecule has 0 aromatic heterocycles. The molecule has 2 rings (SSSR count). The summed E-state index contributed by atoms with van der Waals surface area (Å²) in [5, 5.41) is 18.0. The molecule has 0 fully saturated rings. The summed E-state index contributed by atoms with van der Waals surface area (Å²) in [6, 6.07) is 17.1. The molecule has 0 unspecified atom stereocenters. The molecular formula is C16H15NO2. The summed E-state index contributed by atoms with van der Waals surface area (Å²) >= 11 is 0. The fraction of sp³-hybridized carbons (Fsp3) is 0.188. The van der Waals surface area contributed by atoms with Crippen molar-refractivity contribution in [2.45, 2.75) is 12.7 Å². The number of methoxy groups -OCH3 is 1. The van der Waals surface area contributed by atoms with Crippen LogP contribution in [0, 0.1) is 11.3 Å². The molecule has 96 valence electrons. The smallest absolute Gasteiger partial charge is 0.107 e. The Morgan fingerprint density at radius 2 is 1.89 bits per heavy atom. The third-order valence-corrected chi connectivity index (χ3v) is 3.02. The van der Waals surface area contributed by atoms with E-state index >= 15 is 0 Å². The van der Waals surface area contributed by atoms with Gasteiger partial charge >= 0.3 is 0 Å². The van der Waals surface area contributed by atoms with E-state index in [1.807, 2.05) is 42.5 Å². The number of benzene rings is 2.